The molecule has 0 unspecified atom stereocenters. The largest absolute Gasteiger partial charge is 0.494 e. The highest BCUT2D eigenvalue weighted by Gasteiger charge is 2.07. The molecule has 0 aliphatic rings. The van der Waals surface area contributed by atoms with Gasteiger partial charge in [0, 0.05) is 11.9 Å². The van der Waals surface area contributed by atoms with Crippen molar-refractivity contribution in [1.82, 2.24) is 9.97 Å². The Labute approximate surface area is 156 Å². The third kappa shape index (κ3) is 4.53. The first kappa shape index (κ1) is 17.3. The van der Waals surface area contributed by atoms with Crippen LogP contribution in [0.15, 0.2) is 54.7 Å². The van der Waals surface area contributed by atoms with Crippen LogP contribution in [-0.2, 0) is 0 Å². The molecule has 3 aromatic rings. The second-order valence-corrected chi connectivity index (χ2v) is 5.88. The van der Waals surface area contributed by atoms with E-state index in [1.54, 1.807) is 30.5 Å². The van der Waals surface area contributed by atoms with Crippen LogP contribution in [0.25, 0.3) is 0 Å². The highest BCUT2D eigenvalue weighted by atomic mass is 35.5. The monoisotopic (exact) mass is 374 g/mol. The van der Waals surface area contributed by atoms with Crippen LogP contribution in [0, 0.1) is 0 Å². The van der Waals surface area contributed by atoms with Crippen LogP contribution in [0.5, 0.6) is 5.75 Å². The normalized spacial score (nSPS) is 10.4. The summed E-state index contributed by atoms with van der Waals surface area (Å²) in [5, 5.41) is 7.30. The highest BCUT2D eigenvalue weighted by molar-refractivity contribution is 6.39. The molecule has 128 valence electrons. The fourth-order valence-electron chi connectivity index (χ4n) is 2.16. The fraction of sp³-hybridized carbons (Fsp3) is 0.111. The van der Waals surface area contributed by atoms with E-state index in [0.717, 1.165) is 11.4 Å². The van der Waals surface area contributed by atoms with E-state index < -0.39 is 0 Å². The predicted octanol–water partition coefficient (Wildman–Crippen LogP) is 5.67. The van der Waals surface area contributed by atoms with Gasteiger partial charge in [-0.3, -0.25) is 0 Å². The van der Waals surface area contributed by atoms with Gasteiger partial charge in [-0.15, -0.1) is 0 Å². The lowest BCUT2D eigenvalue weighted by atomic mass is 10.3. The summed E-state index contributed by atoms with van der Waals surface area (Å²) >= 11 is 12.3. The Hall–Kier alpha value is -2.50. The molecule has 0 saturated carbocycles. The van der Waals surface area contributed by atoms with Crippen molar-refractivity contribution in [2.75, 3.05) is 17.2 Å². The standard InChI is InChI=1S/C18H16Cl2N4O/c1-2-25-13-8-6-12(7-9-13)22-18-21-11-10-16(24-18)23-17-14(19)4-3-5-15(17)20/h3-11H,2H2,1H3,(H2,21,22,23,24). The van der Waals surface area contributed by atoms with E-state index in [0.29, 0.717) is 34.1 Å². The second kappa shape index (κ2) is 8.05. The number of aromatic nitrogens is 2. The van der Waals surface area contributed by atoms with Crippen molar-refractivity contribution in [1.29, 1.82) is 0 Å². The molecule has 0 fully saturated rings. The molecule has 1 aromatic heterocycles. The molecule has 2 N–H and O–H groups in total. The molecule has 3 rings (SSSR count). The first-order valence-electron chi connectivity index (χ1n) is 7.69. The van der Waals surface area contributed by atoms with Crippen molar-refractivity contribution in [2.45, 2.75) is 6.92 Å². The van der Waals surface area contributed by atoms with Crippen LogP contribution < -0.4 is 15.4 Å². The van der Waals surface area contributed by atoms with Gasteiger partial charge in [0.15, 0.2) is 0 Å². The SMILES string of the molecule is CCOc1ccc(Nc2nccc(Nc3c(Cl)cccc3Cl)n2)cc1. The molecule has 0 radical (unpaired) electrons. The molecule has 5 nitrogen and oxygen atoms in total. The van der Waals surface area contributed by atoms with Gasteiger partial charge in [-0.2, -0.15) is 4.98 Å². The first-order valence-corrected chi connectivity index (χ1v) is 8.45. The summed E-state index contributed by atoms with van der Waals surface area (Å²) in [5.74, 6) is 1.86. The van der Waals surface area contributed by atoms with E-state index >= 15 is 0 Å². The Kier molecular flexibility index (Phi) is 5.58. The maximum atomic E-state index is 6.17. The lowest BCUT2D eigenvalue weighted by Crippen LogP contribution is -2.01. The number of hydrogen-bond acceptors (Lipinski definition) is 5. The molecule has 0 atom stereocenters. The van der Waals surface area contributed by atoms with Crippen molar-refractivity contribution in [3.8, 4) is 5.75 Å². The van der Waals surface area contributed by atoms with Crippen LogP contribution in [0.2, 0.25) is 10.0 Å². The Bertz CT molecular complexity index is 836. The molecule has 25 heavy (non-hydrogen) atoms. The van der Waals surface area contributed by atoms with E-state index in [4.69, 9.17) is 27.9 Å². The molecule has 2 aromatic carbocycles. The van der Waals surface area contributed by atoms with Crippen LogP contribution in [0.1, 0.15) is 6.92 Å². The van der Waals surface area contributed by atoms with E-state index in [-0.39, 0.29) is 0 Å². The minimum Gasteiger partial charge on any atom is -0.494 e. The van der Waals surface area contributed by atoms with Gasteiger partial charge in [-0.1, -0.05) is 29.3 Å². The zero-order valence-corrected chi connectivity index (χ0v) is 15.0. The van der Waals surface area contributed by atoms with Crippen molar-refractivity contribution < 1.29 is 4.74 Å². The summed E-state index contributed by atoms with van der Waals surface area (Å²) < 4.78 is 5.42. The number of rotatable bonds is 6. The molecule has 0 spiro atoms. The number of nitrogens with zero attached hydrogens (tertiary/aromatic N) is 2. The van der Waals surface area contributed by atoms with Gasteiger partial charge in [0.25, 0.3) is 0 Å². The van der Waals surface area contributed by atoms with Gasteiger partial charge in [0.2, 0.25) is 5.95 Å². The van der Waals surface area contributed by atoms with E-state index in [1.807, 2.05) is 31.2 Å². The fourth-order valence-corrected chi connectivity index (χ4v) is 2.66. The van der Waals surface area contributed by atoms with Gasteiger partial charge in [0.05, 0.1) is 22.3 Å². The number of anilines is 4. The lowest BCUT2D eigenvalue weighted by Gasteiger charge is -2.11. The van der Waals surface area contributed by atoms with Gasteiger partial charge in [-0.05, 0) is 49.4 Å². The number of para-hydroxylation sites is 1. The first-order chi connectivity index (χ1) is 12.2. The average Bonchev–Trinajstić information content (AvgIpc) is 2.61. The number of benzene rings is 2. The van der Waals surface area contributed by atoms with Crippen molar-refractivity contribution >= 4 is 46.3 Å². The number of hydrogen-bond donors (Lipinski definition) is 2. The molecule has 7 heteroatoms. The molecular formula is C18H16Cl2N4O. The Morgan fingerprint density at radius 1 is 0.960 bits per heavy atom. The van der Waals surface area contributed by atoms with Crippen molar-refractivity contribution in [2.24, 2.45) is 0 Å². The summed E-state index contributed by atoms with van der Waals surface area (Å²) in [7, 11) is 0. The molecule has 0 aliphatic carbocycles. The second-order valence-electron chi connectivity index (χ2n) is 5.07. The molecular weight excluding hydrogens is 359 g/mol. The molecule has 0 aliphatic heterocycles. The zero-order valence-electron chi connectivity index (χ0n) is 13.5. The third-order valence-electron chi connectivity index (χ3n) is 3.29. The van der Waals surface area contributed by atoms with Gasteiger partial charge in [0.1, 0.15) is 11.6 Å². The summed E-state index contributed by atoms with van der Waals surface area (Å²) in [6.07, 6.45) is 1.65. The van der Waals surface area contributed by atoms with E-state index in [2.05, 4.69) is 20.6 Å². The van der Waals surface area contributed by atoms with Crippen LogP contribution >= 0.6 is 23.2 Å². The van der Waals surface area contributed by atoms with Gasteiger partial charge >= 0.3 is 0 Å². The van der Waals surface area contributed by atoms with Crippen LogP contribution in [0.3, 0.4) is 0 Å². The predicted molar refractivity (Wildman–Crippen MR) is 103 cm³/mol. The summed E-state index contributed by atoms with van der Waals surface area (Å²) in [6.45, 7) is 2.58. The zero-order chi connectivity index (χ0) is 17.6. The van der Waals surface area contributed by atoms with E-state index in [9.17, 15) is 0 Å². The summed E-state index contributed by atoms with van der Waals surface area (Å²) in [6, 6.07) is 14.6. The number of ether oxygens (including phenoxy) is 1. The van der Waals surface area contributed by atoms with Crippen molar-refractivity contribution in [3.05, 3.63) is 64.8 Å². The van der Waals surface area contributed by atoms with Crippen LogP contribution in [0.4, 0.5) is 23.1 Å². The maximum Gasteiger partial charge on any atom is 0.229 e. The smallest absolute Gasteiger partial charge is 0.229 e. The van der Waals surface area contributed by atoms with Crippen LogP contribution in [-0.4, -0.2) is 16.6 Å². The number of halogens is 2. The highest BCUT2D eigenvalue weighted by Crippen LogP contribution is 2.32. The average molecular weight is 375 g/mol. The van der Waals surface area contributed by atoms with Crippen molar-refractivity contribution in [3.63, 3.8) is 0 Å². The molecule has 1 heterocycles. The van der Waals surface area contributed by atoms with Gasteiger partial charge < -0.3 is 15.4 Å². The molecule has 0 bridgehead atoms. The Morgan fingerprint density at radius 3 is 2.36 bits per heavy atom. The number of nitrogens with one attached hydrogen (secondary N) is 2. The topological polar surface area (TPSA) is 59.1 Å². The maximum absolute atomic E-state index is 6.17. The summed E-state index contributed by atoms with van der Waals surface area (Å²) in [5.41, 5.74) is 1.47. The minimum absolute atomic E-state index is 0.456. The lowest BCUT2D eigenvalue weighted by molar-refractivity contribution is 0.340. The quantitative estimate of drug-likeness (QED) is 0.581. The van der Waals surface area contributed by atoms with E-state index in [1.165, 1.54) is 0 Å². The van der Waals surface area contributed by atoms with Gasteiger partial charge in [-0.25, -0.2) is 4.98 Å². The minimum atomic E-state index is 0.456. The molecule has 0 saturated heterocycles. The summed E-state index contributed by atoms with van der Waals surface area (Å²) in [4.78, 5) is 8.64. The third-order valence-corrected chi connectivity index (χ3v) is 3.92. The Balaban J connectivity index is 1.75. The molecule has 0 amide bonds. The Morgan fingerprint density at radius 2 is 1.68 bits per heavy atom.